The number of rotatable bonds is 2. The average Bonchev–Trinajstić information content (AvgIpc) is 2.34. The van der Waals surface area contributed by atoms with Crippen molar-refractivity contribution >= 4 is 12.2 Å². The number of carbonyl (C=O) groups is 1. The van der Waals surface area contributed by atoms with E-state index in [4.69, 9.17) is 11.0 Å². The maximum absolute atomic E-state index is 9.82. The largest absolute Gasteiger partial charge is 0.448 e. The quantitative estimate of drug-likeness (QED) is 0.614. The van der Waals surface area contributed by atoms with Crippen molar-refractivity contribution < 1.29 is 13.9 Å². The summed E-state index contributed by atoms with van der Waals surface area (Å²) in [4.78, 5) is 9.82. The standard InChI is InChI=1S/C6H4N2O3/c7-1-4-6(8)5(2-10-4)11-3-9/h2-3H,8H2. The predicted octanol–water partition coefficient (Wildman–Crippen LogP) is 0.269. The summed E-state index contributed by atoms with van der Waals surface area (Å²) in [5, 5.41) is 8.33. The lowest BCUT2D eigenvalue weighted by Crippen LogP contribution is -1.92. The van der Waals surface area contributed by atoms with Crippen LogP contribution in [0.4, 0.5) is 5.69 Å². The number of carbonyl (C=O) groups excluding carboxylic acids is 1. The fourth-order valence-electron chi connectivity index (χ4n) is 0.581. The number of hydrogen-bond donors (Lipinski definition) is 1. The number of anilines is 1. The summed E-state index contributed by atoms with van der Waals surface area (Å²) in [6.07, 6.45) is 1.10. The molecule has 0 spiro atoms. The molecule has 0 atom stereocenters. The van der Waals surface area contributed by atoms with Gasteiger partial charge in [0.1, 0.15) is 18.0 Å². The first-order valence-electron chi connectivity index (χ1n) is 2.67. The lowest BCUT2D eigenvalue weighted by atomic mass is 10.4. The maximum Gasteiger partial charge on any atom is 0.298 e. The van der Waals surface area contributed by atoms with Crippen LogP contribution in [0.25, 0.3) is 0 Å². The Hall–Kier alpha value is -1.96. The van der Waals surface area contributed by atoms with Crippen molar-refractivity contribution in [3.8, 4) is 11.8 Å². The van der Waals surface area contributed by atoms with Crippen LogP contribution in [-0.4, -0.2) is 6.47 Å². The molecule has 0 saturated carbocycles. The third-order valence-corrected chi connectivity index (χ3v) is 1.07. The molecule has 1 aromatic rings. The first kappa shape index (κ1) is 7.15. The molecule has 0 unspecified atom stereocenters. The molecule has 0 bridgehead atoms. The van der Waals surface area contributed by atoms with Crippen LogP contribution in [0.15, 0.2) is 10.7 Å². The van der Waals surface area contributed by atoms with E-state index in [0.717, 1.165) is 6.26 Å². The summed E-state index contributed by atoms with van der Waals surface area (Å²) in [6.45, 7) is 0.211. The SMILES string of the molecule is N#Cc1occ(OC=O)c1N. The zero-order chi connectivity index (χ0) is 8.27. The topological polar surface area (TPSA) is 89.2 Å². The number of nitrogen functional groups attached to an aromatic ring is 1. The third-order valence-electron chi connectivity index (χ3n) is 1.07. The van der Waals surface area contributed by atoms with Gasteiger partial charge in [0.25, 0.3) is 6.47 Å². The fourth-order valence-corrected chi connectivity index (χ4v) is 0.581. The predicted molar refractivity (Wildman–Crippen MR) is 34.5 cm³/mol. The van der Waals surface area contributed by atoms with E-state index >= 15 is 0 Å². The second kappa shape index (κ2) is 2.75. The second-order valence-electron chi connectivity index (χ2n) is 1.67. The number of hydrogen-bond acceptors (Lipinski definition) is 5. The van der Waals surface area contributed by atoms with Crippen molar-refractivity contribution in [1.29, 1.82) is 5.26 Å². The van der Waals surface area contributed by atoms with Gasteiger partial charge in [0, 0.05) is 0 Å². The summed E-state index contributed by atoms with van der Waals surface area (Å²) >= 11 is 0. The number of nitrogens with two attached hydrogens (primary N) is 1. The Morgan fingerprint density at radius 3 is 3.00 bits per heavy atom. The molecule has 1 rings (SSSR count). The molecular weight excluding hydrogens is 148 g/mol. The molecule has 11 heavy (non-hydrogen) atoms. The summed E-state index contributed by atoms with van der Waals surface area (Å²) in [6, 6.07) is 1.69. The normalized spacial score (nSPS) is 8.64. The van der Waals surface area contributed by atoms with Crippen LogP contribution >= 0.6 is 0 Å². The Labute approximate surface area is 62.0 Å². The van der Waals surface area contributed by atoms with Gasteiger partial charge in [-0.15, -0.1) is 0 Å². The van der Waals surface area contributed by atoms with E-state index in [2.05, 4.69) is 9.15 Å². The second-order valence-corrected chi connectivity index (χ2v) is 1.67. The van der Waals surface area contributed by atoms with Crippen molar-refractivity contribution in [2.75, 3.05) is 5.73 Å². The van der Waals surface area contributed by atoms with Crippen LogP contribution in [0.2, 0.25) is 0 Å². The monoisotopic (exact) mass is 152 g/mol. The molecule has 56 valence electrons. The summed E-state index contributed by atoms with van der Waals surface area (Å²) < 4.78 is 9.00. The molecule has 0 aliphatic carbocycles. The molecule has 1 aromatic heterocycles. The molecule has 0 amide bonds. The molecule has 0 saturated heterocycles. The Bertz CT molecular complexity index is 310. The van der Waals surface area contributed by atoms with Crippen molar-refractivity contribution in [2.24, 2.45) is 0 Å². The highest BCUT2D eigenvalue weighted by molar-refractivity contribution is 5.62. The van der Waals surface area contributed by atoms with Gasteiger partial charge in [-0.2, -0.15) is 5.26 Å². The van der Waals surface area contributed by atoms with Crippen LogP contribution in [0, 0.1) is 11.3 Å². The summed E-state index contributed by atoms with van der Waals surface area (Å²) in [5.41, 5.74) is 5.34. The first-order valence-corrected chi connectivity index (χ1v) is 2.67. The van der Waals surface area contributed by atoms with Gasteiger partial charge in [0.15, 0.2) is 5.75 Å². The number of furan rings is 1. The lowest BCUT2D eigenvalue weighted by molar-refractivity contribution is -0.120. The highest BCUT2D eigenvalue weighted by Crippen LogP contribution is 2.26. The van der Waals surface area contributed by atoms with Gasteiger partial charge >= 0.3 is 0 Å². The highest BCUT2D eigenvalue weighted by Gasteiger charge is 2.09. The van der Waals surface area contributed by atoms with E-state index in [1.807, 2.05) is 0 Å². The molecular formula is C6H4N2O3. The van der Waals surface area contributed by atoms with Gasteiger partial charge in [-0.1, -0.05) is 0 Å². The summed E-state index contributed by atoms with van der Waals surface area (Å²) in [7, 11) is 0. The van der Waals surface area contributed by atoms with Gasteiger partial charge in [0.2, 0.25) is 5.76 Å². The molecule has 0 fully saturated rings. The Balaban J connectivity index is 3.02. The average molecular weight is 152 g/mol. The number of nitriles is 1. The summed E-state index contributed by atoms with van der Waals surface area (Å²) in [5.74, 6) is 0.0124. The van der Waals surface area contributed by atoms with Gasteiger partial charge in [-0.05, 0) is 0 Å². The van der Waals surface area contributed by atoms with Crippen molar-refractivity contribution in [2.45, 2.75) is 0 Å². The van der Waals surface area contributed by atoms with Crippen LogP contribution in [0.1, 0.15) is 5.76 Å². The number of nitrogens with zero attached hydrogens (tertiary/aromatic N) is 1. The minimum absolute atomic E-state index is 0.0413. The van der Waals surface area contributed by atoms with E-state index in [9.17, 15) is 4.79 Å². The van der Waals surface area contributed by atoms with E-state index in [1.54, 1.807) is 6.07 Å². The van der Waals surface area contributed by atoms with Crippen molar-refractivity contribution in [1.82, 2.24) is 0 Å². The van der Waals surface area contributed by atoms with Crippen LogP contribution in [0.5, 0.6) is 5.75 Å². The molecule has 1 heterocycles. The van der Waals surface area contributed by atoms with E-state index < -0.39 is 0 Å². The van der Waals surface area contributed by atoms with Crippen LogP contribution in [-0.2, 0) is 4.79 Å². The molecule has 0 aromatic carbocycles. The number of ether oxygens (including phenoxy) is 1. The zero-order valence-electron chi connectivity index (χ0n) is 5.40. The van der Waals surface area contributed by atoms with Crippen LogP contribution < -0.4 is 10.5 Å². The minimum Gasteiger partial charge on any atom is -0.448 e. The van der Waals surface area contributed by atoms with Crippen molar-refractivity contribution in [3.05, 3.63) is 12.0 Å². The third kappa shape index (κ3) is 1.14. The minimum atomic E-state index is -0.0538. The van der Waals surface area contributed by atoms with E-state index in [0.29, 0.717) is 0 Å². The Morgan fingerprint density at radius 2 is 2.55 bits per heavy atom. The van der Waals surface area contributed by atoms with Gasteiger partial charge in [0.05, 0.1) is 0 Å². The van der Waals surface area contributed by atoms with Gasteiger partial charge in [-0.3, -0.25) is 4.79 Å². The zero-order valence-corrected chi connectivity index (χ0v) is 5.40. The molecule has 0 aliphatic rings. The fraction of sp³-hybridized carbons (Fsp3) is 0. The smallest absolute Gasteiger partial charge is 0.298 e. The first-order chi connectivity index (χ1) is 5.29. The lowest BCUT2D eigenvalue weighted by Gasteiger charge is -1.90. The van der Waals surface area contributed by atoms with Gasteiger partial charge in [-0.25, -0.2) is 0 Å². The van der Waals surface area contributed by atoms with E-state index in [1.165, 1.54) is 0 Å². The Morgan fingerprint density at radius 1 is 1.82 bits per heavy atom. The van der Waals surface area contributed by atoms with Crippen LogP contribution in [0.3, 0.4) is 0 Å². The van der Waals surface area contributed by atoms with Crippen molar-refractivity contribution in [3.63, 3.8) is 0 Å². The molecule has 5 nitrogen and oxygen atoms in total. The van der Waals surface area contributed by atoms with E-state index in [-0.39, 0.29) is 23.7 Å². The molecule has 0 radical (unpaired) electrons. The Kier molecular flexibility index (Phi) is 1.79. The maximum atomic E-state index is 9.82. The molecule has 5 heteroatoms. The van der Waals surface area contributed by atoms with Gasteiger partial charge < -0.3 is 14.9 Å². The molecule has 0 aliphatic heterocycles. The highest BCUT2D eigenvalue weighted by atomic mass is 16.5. The molecule has 2 N–H and O–H groups in total.